The number of carbonyl (C=O) groups excluding carboxylic acids is 1. The van der Waals surface area contributed by atoms with Gasteiger partial charge in [0.25, 0.3) is 0 Å². The number of H-pyrrole nitrogens is 1. The minimum Gasteiger partial charge on any atom is -0.361 e. The van der Waals surface area contributed by atoms with Gasteiger partial charge in [-0.2, -0.15) is 0 Å². The number of ketones is 1. The zero-order valence-corrected chi connectivity index (χ0v) is 15.1. The summed E-state index contributed by atoms with van der Waals surface area (Å²) in [6.45, 7) is 1.93. The number of benzene rings is 2. The van der Waals surface area contributed by atoms with Gasteiger partial charge in [0.15, 0.2) is 17.4 Å². The number of likely N-dealkylation sites (N-methyl/N-ethyl adjacent to an activating group) is 1. The fourth-order valence-corrected chi connectivity index (χ4v) is 3.56. The van der Waals surface area contributed by atoms with Crippen molar-refractivity contribution in [3.8, 4) is 0 Å². The molecule has 3 aromatic rings. The molecule has 0 amide bonds. The highest BCUT2D eigenvalue weighted by Crippen LogP contribution is 2.30. The van der Waals surface area contributed by atoms with Gasteiger partial charge in [0.2, 0.25) is 0 Å². The molecule has 0 saturated heterocycles. The lowest BCUT2D eigenvalue weighted by Gasteiger charge is -2.21. The van der Waals surface area contributed by atoms with Crippen LogP contribution in [0.2, 0.25) is 0 Å². The van der Waals surface area contributed by atoms with Crippen molar-refractivity contribution in [1.82, 2.24) is 9.88 Å². The Morgan fingerprint density at radius 3 is 2.85 bits per heavy atom. The Bertz CT molecular complexity index is 1050. The SMILES string of the molecule is CN1CC=C(c2c[nH]c3ccc(CC(=O)c4cccc(F)c4F)cc23)CC1. The van der Waals surface area contributed by atoms with Crippen LogP contribution in [-0.2, 0) is 6.42 Å². The zero-order chi connectivity index (χ0) is 19.0. The standard InChI is InChI=1S/C22H20F2N2O/c1-26-9-7-15(8-10-26)18-13-25-20-6-5-14(11-17(18)20)12-21(27)16-3-2-4-19(23)22(16)24/h2-7,11,13,25H,8-10,12H2,1H3. The van der Waals surface area contributed by atoms with Crippen molar-refractivity contribution < 1.29 is 13.6 Å². The van der Waals surface area contributed by atoms with Gasteiger partial charge in [-0.25, -0.2) is 8.78 Å². The van der Waals surface area contributed by atoms with Crippen LogP contribution in [0.1, 0.15) is 27.9 Å². The molecule has 0 spiro atoms. The van der Waals surface area contributed by atoms with E-state index in [1.807, 2.05) is 24.4 Å². The van der Waals surface area contributed by atoms with E-state index in [1.54, 1.807) is 0 Å². The normalized spacial score (nSPS) is 15.1. The van der Waals surface area contributed by atoms with Crippen molar-refractivity contribution in [1.29, 1.82) is 0 Å². The van der Waals surface area contributed by atoms with E-state index >= 15 is 0 Å². The lowest BCUT2D eigenvalue weighted by Crippen LogP contribution is -2.23. The van der Waals surface area contributed by atoms with Crippen LogP contribution in [0.5, 0.6) is 0 Å². The van der Waals surface area contributed by atoms with E-state index in [0.29, 0.717) is 0 Å². The predicted molar refractivity (Wildman–Crippen MR) is 103 cm³/mol. The summed E-state index contributed by atoms with van der Waals surface area (Å²) in [7, 11) is 2.10. The molecule has 3 nitrogen and oxygen atoms in total. The minimum absolute atomic E-state index is 0.0305. The first-order valence-corrected chi connectivity index (χ1v) is 8.98. The van der Waals surface area contributed by atoms with Gasteiger partial charge in [0, 0.05) is 42.2 Å². The molecule has 4 rings (SSSR count). The van der Waals surface area contributed by atoms with Gasteiger partial charge >= 0.3 is 0 Å². The highest BCUT2D eigenvalue weighted by Gasteiger charge is 2.17. The number of carbonyl (C=O) groups is 1. The molecule has 1 N–H and O–H groups in total. The van der Waals surface area contributed by atoms with Gasteiger partial charge in [-0.1, -0.05) is 18.2 Å². The number of rotatable bonds is 4. The summed E-state index contributed by atoms with van der Waals surface area (Å²) >= 11 is 0. The molecule has 5 heteroatoms. The van der Waals surface area contributed by atoms with Crippen molar-refractivity contribution in [2.24, 2.45) is 0 Å². The predicted octanol–water partition coefficient (Wildman–Crippen LogP) is 4.59. The van der Waals surface area contributed by atoms with Crippen molar-refractivity contribution in [2.45, 2.75) is 12.8 Å². The number of Topliss-reactive ketones (excluding diaryl/α,β-unsaturated/α-hetero) is 1. The third-order valence-electron chi connectivity index (χ3n) is 5.12. The molecule has 1 aromatic heterocycles. The Labute approximate surface area is 156 Å². The van der Waals surface area contributed by atoms with E-state index in [1.165, 1.54) is 17.7 Å². The summed E-state index contributed by atoms with van der Waals surface area (Å²) in [4.78, 5) is 18.0. The summed E-state index contributed by atoms with van der Waals surface area (Å²) < 4.78 is 27.3. The molecular formula is C22H20F2N2O. The average Bonchev–Trinajstić information content (AvgIpc) is 3.08. The number of aromatic amines is 1. The maximum Gasteiger partial charge on any atom is 0.170 e. The van der Waals surface area contributed by atoms with Gasteiger partial charge in [-0.3, -0.25) is 4.79 Å². The van der Waals surface area contributed by atoms with Crippen LogP contribution in [0, 0.1) is 11.6 Å². The van der Waals surface area contributed by atoms with E-state index < -0.39 is 17.4 Å². The Hall–Kier alpha value is -2.79. The second kappa shape index (κ2) is 7.08. The maximum atomic E-state index is 13.9. The van der Waals surface area contributed by atoms with Gasteiger partial charge in [0.05, 0.1) is 5.56 Å². The van der Waals surface area contributed by atoms with Gasteiger partial charge in [0.1, 0.15) is 0 Å². The van der Waals surface area contributed by atoms with Crippen LogP contribution in [0.15, 0.2) is 48.7 Å². The van der Waals surface area contributed by atoms with Crippen molar-refractivity contribution in [2.75, 3.05) is 20.1 Å². The van der Waals surface area contributed by atoms with E-state index in [2.05, 4.69) is 23.0 Å². The molecule has 1 aliphatic heterocycles. The van der Waals surface area contributed by atoms with Gasteiger partial charge < -0.3 is 9.88 Å². The van der Waals surface area contributed by atoms with Crippen LogP contribution in [0.25, 0.3) is 16.5 Å². The first-order chi connectivity index (χ1) is 13.0. The summed E-state index contributed by atoms with van der Waals surface area (Å²) in [6, 6.07) is 9.44. The first kappa shape index (κ1) is 17.6. The molecule has 0 saturated carbocycles. The Morgan fingerprint density at radius 2 is 2.07 bits per heavy atom. The number of nitrogens with one attached hydrogen (secondary N) is 1. The molecule has 0 fully saturated rings. The summed E-state index contributed by atoms with van der Waals surface area (Å²) in [5, 5.41) is 1.05. The lowest BCUT2D eigenvalue weighted by atomic mass is 9.96. The van der Waals surface area contributed by atoms with Crippen molar-refractivity contribution >= 4 is 22.3 Å². The molecule has 2 aromatic carbocycles. The van der Waals surface area contributed by atoms with Crippen molar-refractivity contribution in [3.05, 3.63) is 77.0 Å². The summed E-state index contributed by atoms with van der Waals surface area (Å²) in [6.07, 6.45) is 5.23. The van der Waals surface area contributed by atoms with Crippen LogP contribution in [-0.4, -0.2) is 35.8 Å². The third kappa shape index (κ3) is 3.43. The molecule has 2 heterocycles. The Kier molecular flexibility index (Phi) is 4.62. The topological polar surface area (TPSA) is 36.1 Å². The molecule has 27 heavy (non-hydrogen) atoms. The summed E-state index contributed by atoms with van der Waals surface area (Å²) in [5.74, 6) is -2.51. The smallest absolute Gasteiger partial charge is 0.170 e. The lowest BCUT2D eigenvalue weighted by molar-refractivity contribution is 0.0988. The number of nitrogens with zero attached hydrogens (tertiary/aromatic N) is 1. The second-order valence-electron chi connectivity index (χ2n) is 7.03. The highest BCUT2D eigenvalue weighted by atomic mass is 19.2. The largest absolute Gasteiger partial charge is 0.361 e. The first-order valence-electron chi connectivity index (χ1n) is 8.98. The molecular weight excluding hydrogens is 346 g/mol. The van der Waals surface area contributed by atoms with Crippen molar-refractivity contribution in [3.63, 3.8) is 0 Å². The van der Waals surface area contributed by atoms with E-state index in [9.17, 15) is 13.6 Å². The molecule has 0 atom stereocenters. The number of hydrogen-bond donors (Lipinski definition) is 1. The zero-order valence-electron chi connectivity index (χ0n) is 15.1. The maximum absolute atomic E-state index is 13.9. The quantitative estimate of drug-likeness (QED) is 0.686. The Balaban J connectivity index is 1.64. The van der Waals surface area contributed by atoms with Crippen LogP contribution in [0.4, 0.5) is 8.78 Å². The molecule has 0 radical (unpaired) electrons. The molecule has 138 valence electrons. The Morgan fingerprint density at radius 1 is 1.22 bits per heavy atom. The second-order valence-corrected chi connectivity index (χ2v) is 7.03. The number of halogens is 2. The highest BCUT2D eigenvalue weighted by molar-refractivity contribution is 5.99. The number of fused-ring (bicyclic) bond motifs is 1. The average molecular weight is 366 g/mol. The minimum atomic E-state index is -1.08. The van der Waals surface area contributed by atoms with Gasteiger partial charge in [-0.05, 0) is 48.9 Å². The third-order valence-corrected chi connectivity index (χ3v) is 5.12. The van der Waals surface area contributed by atoms with E-state index in [0.717, 1.165) is 47.6 Å². The molecule has 0 aliphatic carbocycles. The fraction of sp³-hybridized carbons (Fsp3) is 0.227. The fourth-order valence-electron chi connectivity index (χ4n) is 3.56. The summed E-state index contributed by atoms with van der Waals surface area (Å²) in [5.41, 5.74) is 4.01. The molecule has 1 aliphatic rings. The van der Waals surface area contributed by atoms with Crippen LogP contribution < -0.4 is 0 Å². The number of hydrogen-bond acceptors (Lipinski definition) is 2. The van der Waals surface area contributed by atoms with Crippen LogP contribution in [0.3, 0.4) is 0 Å². The van der Waals surface area contributed by atoms with Gasteiger partial charge in [-0.15, -0.1) is 0 Å². The monoisotopic (exact) mass is 366 g/mol. The number of aromatic nitrogens is 1. The van der Waals surface area contributed by atoms with Crippen LogP contribution >= 0.6 is 0 Å². The van der Waals surface area contributed by atoms with E-state index in [4.69, 9.17) is 0 Å². The molecule has 0 unspecified atom stereocenters. The van der Waals surface area contributed by atoms with E-state index in [-0.39, 0.29) is 12.0 Å². The molecule has 0 bridgehead atoms.